The van der Waals surface area contributed by atoms with Gasteiger partial charge in [0, 0.05) is 6.04 Å². The highest BCUT2D eigenvalue weighted by molar-refractivity contribution is 5.29. The first-order valence-electron chi connectivity index (χ1n) is 6.52. The van der Waals surface area contributed by atoms with Crippen LogP contribution in [0.5, 0.6) is 5.75 Å². The molecule has 0 aromatic heterocycles. The first-order valence-corrected chi connectivity index (χ1v) is 6.52. The van der Waals surface area contributed by atoms with Gasteiger partial charge in [-0.15, -0.1) is 0 Å². The SMILES string of the molecule is CCC(NC)c1ccc(OC(C)C(C)C)cc1. The molecule has 0 aliphatic heterocycles. The number of hydrogen-bond donors (Lipinski definition) is 1. The molecular weight excluding hydrogens is 210 g/mol. The Bertz CT molecular complexity index is 314. The maximum absolute atomic E-state index is 5.86. The maximum Gasteiger partial charge on any atom is 0.119 e. The number of hydrogen-bond acceptors (Lipinski definition) is 2. The molecule has 0 fully saturated rings. The first-order chi connectivity index (χ1) is 8.08. The van der Waals surface area contributed by atoms with E-state index in [0.29, 0.717) is 12.0 Å². The van der Waals surface area contributed by atoms with Crippen LogP contribution in [0.4, 0.5) is 0 Å². The van der Waals surface area contributed by atoms with E-state index in [0.717, 1.165) is 12.2 Å². The zero-order valence-corrected chi connectivity index (χ0v) is 11.7. The van der Waals surface area contributed by atoms with Crippen molar-refractivity contribution in [1.82, 2.24) is 5.32 Å². The summed E-state index contributed by atoms with van der Waals surface area (Å²) in [4.78, 5) is 0. The summed E-state index contributed by atoms with van der Waals surface area (Å²) in [7, 11) is 2.00. The molecule has 0 aliphatic rings. The van der Waals surface area contributed by atoms with Crippen LogP contribution in [0.15, 0.2) is 24.3 Å². The molecule has 0 radical (unpaired) electrons. The lowest BCUT2D eigenvalue weighted by molar-refractivity contribution is 0.170. The van der Waals surface area contributed by atoms with Crippen LogP contribution in [0, 0.1) is 5.92 Å². The lowest BCUT2D eigenvalue weighted by Gasteiger charge is -2.19. The topological polar surface area (TPSA) is 21.3 Å². The van der Waals surface area contributed by atoms with Gasteiger partial charge in [-0.25, -0.2) is 0 Å². The van der Waals surface area contributed by atoms with Crippen molar-refractivity contribution in [1.29, 1.82) is 0 Å². The Morgan fingerprint density at radius 2 is 1.71 bits per heavy atom. The second-order valence-corrected chi connectivity index (χ2v) is 4.89. The van der Waals surface area contributed by atoms with Crippen LogP contribution in [-0.2, 0) is 0 Å². The highest BCUT2D eigenvalue weighted by Gasteiger charge is 2.10. The number of nitrogens with one attached hydrogen (secondary N) is 1. The summed E-state index contributed by atoms with van der Waals surface area (Å²) < 4.78 is 5.86. The van der Waals surface area contributed by atoms with Crippen molar-refractivity contribution in [2.45, 2.75) is 46.3 Å². The number of benzene rings is 1. The third-order valence-corrected chi connectivity index (χ3v) is 3.30. The van der Waals surface area contributed by atoms with Crippen LogP contribution in [0.2, 0.25) is 0 Å². The fourth-order valence-corrected chi connectivity index (χ4v) is 1.74. The Kier molecular flexibility index (Phi) is 5.49. The highest BCUT2D eigenvalue weighted by atomic mass is 16.5. The van der Waals surface area contributed by atoms with Crippen molar-refractivity contribution in [3.05, 3.63) is 29.8 Å². The van der Waals surface area contributed by atoms with Gasteiger partial charge in [0.2, 0.25) is 0 Å². The number of ether oxygens (including phenoxy) is 1. The fourth-order valence-electron chi connectivity index (χ4n) is 1.74. The molecule has 1 rings (SSSR count). The molecular formula is C15H25NO. The Hall–Kier alpha value is -1.02. The van der Waals surface area contributed by atoms with E-state index in [1.807, 2.05) is 7.05 Å². The van der Waals surface area contributed by atoms with Crippen molar-refractivity contribution in [3.8, 4) is 5.75 Å². The van der Waals surface area contributed by atoms with Crippen LogP contribution >= 0.6 is 0 Å². The summed E-state index contributed by atoms with van der Waals surface area (Å²) in [6.07, 6.45) is 1.35. The van der Waals surface area contributed by atoms with Gasteiger partial charge in [0.05, 0.1) is 6.10 Å². The predicted octanol–water partition coefficient (Wildman–Crippen LogP) is 3.78. The highest BCUT2D eigenvalue weighted by Crippen LogP contribution is 2.21. The molecule has 0 heterocycles. The van der Waals surface area contributed by atoms with Crippen molar-refractivity contribution in [3.63, 3.8) is 0 Å². The summed E-state index contributed by atoms with van der Waals surface area (Å²) >= 11 is 0. The van der Waals surface area contributed by atoms with Crippen molar-refractivity contribution in [2.24, 2.45) is 5.92 Å². The first kappa shape index (κ1) is 14.0. The fraction of sp³-hybridized carbons (Fsp3) is 0.600. The van der Waals surface area contributed by atoms with Gasteiger partial charge in [0.15, 0.2) is 0 Å². The van der Waals surface area contributed by atoms with Gasteiger partial charge < -0.3 is 10.1 Å². The van der Waals surface area contributed by atoms with E-state index >= 15 is 0 Å². The lowest BCUT2D eigenvalue weighted by Crippen LogP contribution is -2.19. The molecule has 2 unspecified atom stereocenters. The molecule has 0 saturated heterocycles. The minimum Gasteiger partial charge on any atom is -0.490 e. The largest absolute Gasteiger partial charge is 0.490 e. The van der Waals surface area contributed by atoms with Crippen molar-refractivity contribution >= 4 is 0 Å². The standard InChI is InChI=1S/C15H25NO/c1-6-15(16-5)13-7-9-14(10-8-13)17-12(4)11(2)3/h7-12,15-16H,6H2,1-5H3. The third-order valence-electron chi connectivity index (χ3n) is 3.30. The quantitative estimate of drug-likeness (QED) is 0.810. The van der Waals surface area contributed by atoms with E-state index in [9.17, 15) is 0 Å². The Morgan fingerprint density at radius 3 is 2.12 bits per heavy atom. The third kappa shape index (κ3) is 4.04. The van der Waals surface area contributed by atoms with E-state index in [-0.39, 0.29) is 6.10 Å². The van der Waals surface area contributed by atoms with Gasteiger partial charge in [-0.3, -0.25) is 0 Å². The smallest absolute Gasteiger partial charge is 0.119 e. The minimum atomic E-state index is 0.257. The van der Waals surface area contributed by atoms with Gasteiger partial charge in [-0.05, 0) is 44.0 Å². The Morgan fingerprint density at radius 1 is 1.12 bits per heavy atom. The second-order valence-electron chi connectivity index (χ2n) is 4.89. The molecule has 0 bridgehead atoms. The monoisotopic (exact) mass is 235 g/mol. The predicted molar refractivity (Wildman–Crippen MR) is 73.5 cm³/mol. The Labute approximate surface area is 105 Å². The normalized spacial score (nSPS) is 14.7. The summed E-state index contributed by atoms with van der Waals surface area (Å²) in [5.74, 6) is 1.50. The van der Waals surface area contributed by atoms with Gasteiger partial charge in [-0.1, -0.05) is 32.9 Å². The van der Waals surface area contributed by atoms with Gasteiger partial charge >= 0.3 is 0 Å². The van der Waals surface area contributed by atoms with Crippen LogP contribution in [0.1, 0.15) is 45.7 Å². The van der Waals surface area contributed by atoms with Crippen molar-refractivity contribution in [2.75, 3.05) is 7.05 Å². The van der Waals surface area contributed by atoms with Gasteiger partial charge in [0.1, 0.15) is 5.75 Å². The zero-order chi connectivity index (χ0) is 12.8. The molecule has 2 nitrogen and oxygen atoms in total. The van der Waals surface area contributed by atoms with Crippen LogP contribution in [0.3, 0.4) is 0 Å². The van der Waals surface area contributed by atoms with E-state index in [4.69, 9.17) is 4.74 Å². The van der Waals surface area contributed by atoms with E-state index in [2.05, 4.69) is 57.3 Å². The van der Waals surface area contributed by atoms with Crippen LogP contribution in [-0.4, -0.2) is 13.2 Å². The maximum atomic E-state index is 5.86. The van der Waals surface area contributed by atoms with E-state index < -0.39 is 0 Å². The van der Waals surface area contributed by atoms with Crippen molar-refractivity contribution < 1.29 is 4.74 Å². The van der Waals surface area contributed by atoms with Gasteiger partial charge in [0.25, 0.3) is 0 Å². The molecule has 2 atom stereocenters. The molecule has 17 heavy (non-hydrogen) atoms. The molecule has 0 spiro atoms. The lowest BCUT2D eigenvalue weighted by atomic mass is 10.0. The van der Waals surface area contributed by atoms with E-state index in [1.54, 1.807) is 0 Å². The van der Waals surface area contributed by atoms with Crippen LogP contribution < -0.4 is 10.1 Å². The molecule has 1 aromatic carbocycles. The summed E-state index contributed by atoms with van der Waals surface area (Å²) in [5, 5.41) is 3.31. The van der Waals surface area contributed by atoms with Crippen LogP contribution in [0.25, 0.3) is 0 Å². The second kappa shape index (κ2) is 6.65. The summed E-state index contributed by atoms with van der Waals surface area (Å²) in [6.45, 7) is 8.65. The number of rotatable bonds is 6. The molecule has 1 aromatic rings. The minimum absolute atomic E-state index is 0.257. The average Bonchev–Trinajstić information content (AvgIpc) is 2.32. The zero-order valence-electron chi connectivity index (χ0n) is 11.7. The molecule has 0 amide bonds. The molecule has 0 saturated carbocycles. The average molecular weight is 235 g/mol. The molecule has 0 aliphatic carbocycles. The molecule has 96 valence electrons. The van der Waals surface area contributed by atoms with Gasteiger partial charge in [-0.2, -0.15) is 0 Å². The summed E-state index contributed by atoms with van der Waals surface area (Å²) in [5.41, 5.74) is 1.32. The molecule has 2 heteroatoms. The Balaban J connectivity index is 2.67. The van der Waals surface area contributed by atoms with E-state index in [1.165, 1.54) is 5.56 Å². The molecule has 1 N–H and O–H groups in total. The summed E-state index contributed by atoms with van der Waals surface area (Å²) in [6, 6.07) is 8.86.